The van der Waals surface area contributed by atoms with Crippen LogP contribution >= 0.6 is 11.3 Å². The van der Waals surface area contributed by atoms with Crippen molar-refractivity contribution in [1.82, 2.24) is 9.80 Å². The maximum Gasteiger partial charge on any atom is 0.254 e. The van der Waals surface area contributed by atoms with Crippen molar-refractivity contribution in [3.8, 4) is 0 Å². The highest BCUT2D eigenvalue weighted by Gasteiger charge is 2.23. The Hall–Kier alpha value is -2.96. The molecule has 0 aliphatic carbocycles. The fraction of sp³-hybridized carbons (Fsp3) is 0.333. The van der Waals surface area contributed by atoms with E-state index in [0.717, 1.165) is 16.9 Å². The number of amides is 2. The fourth-order valence-electron chi connectivity index (χ4n) is 3.56. The third kappa shape index (κ3) is 7.01. The van der Waals surface area contributed by atoms with E-state index in [9.17, 15) is 9.59 Å². The first-order valence-corrected chi connectivity index (χ1v) is 12.1. The van der Waals surface area contributed by atoms with Crippen molar-refractivity contribution in [2.45, 2.75) is 33.4 Å². The molecule has 0 saturated heterocycles. The summed E-state index contributed by atoms with van der Waals surface area (Å²) in [5.74, 6) is -0.240. The second-order valence-electron chi connectivity index (χ2n) is 8.03. The zero-order chi connectivity index (χ0) is 23.6. The number of methoxy groups -OCH3 is 1. The first kappa shape index (κ1) is 24.7. The molecule has 2 amide bonds. The Morgan fingerprint density at radius 3 is 2.24 bits per heavy atom. The van der Waals surface area contributed by atoms with Crippen LogP contribution in [0, 0.1) is 6.92 Å². The average molecular weight is 465 g/mol. The first-order valence-electron chi connectivity index (χ1n) is 11.2. The topological polar surface area (TPSA) is 49.9 Å². The minimum Gasteiger partial charge on any atom is -0.383 e. The van der Waals surface area contributed by atoms with Crippen LogP contribution in [0.25, 0.3) is 0 Å². The molecular formula is C27H32N2O3S. The Morgan fingerprint density at radius 1 is 0.909 bits per heavy atom. The highest BCUT2D eigenvalue weighted by Crippen LogP contribution is 2.20. The number of benzene rings is 2. The van der Waals surface area contributed by atoms with Gasteiger partial charge in [-0.1, -0.05) is 49.4 Å². The highest BCUT2D eigenvalue weighted by molar-refractivity contribution is 7.10. The van der Waals surface area contributed by atoms with Gasteiger partial charge in [-0.15, -0.1) is 11.3 Å². The van der Waals surface area contributed by atoms with Gasteiger partial charge in [0.25, 0.3) is 5.91 Å². The van der Waals surface area contributed by atoms with E-state index in [0.29, 0.717) is 31.8 Å². The number of carbonyl (C=O) groups is 2. The fourth-order valence-corrected chi connectivity index (χ4v) is 4.48. The van der Waals surface area contributed by atoms with E-state index in [4.69, 9.17) is 4.74 Å². The van der Waals surface area contributed by atoms with E-state index in [-0.39, 0.29) is 18.4 Å². The molecule has 0 radical (unpaired) electrons. The van der Waals surface area contributed by atoms with Crippen LogP contribution in [0.1, 0.15) is 38.8 Å². The Morgan fingerprint density at radius 2 is 1.64 bits per heavy atom. The van der Waals surface area contributed by atoms with Gasteiger partial charge in [0, 0.05) is 30.6 Å². The van der Waals surface area contributed by atoms with Crippen molar-refractivity contribution in [2.75, 3.05) is 26.8 Å². The van der Waals surface area contributed by atoms with E-state index in [1.54, 1.807) is 23.3 Å². The van der Waals surface area contributed by atoms with Crippen LogP contribution in [0.15, 0.2) is 66.0 Å². The molecule has 0 fully saturated rings. The second-order valence-corrected chi connectivity index (χ2v) is 9.03. The largest absolute Gasteiger partial charge is 0.383 e. The van der Waals surface area contributed by atoms with E-state index in [1.165, 1.54) is 11.1 Å². The maximum atomic E-state index is 13.5. The van der Waals surface area contributed by atoms with Crippen molar-refractivity contribution in [2.24, 2.45) is 0 Å². The predicted molar refractivity (Wildman–Crippen MR) is 133 cm³/mol. The lowest BCUT2D eigenvalue weighted by molar-refractivity contribution is -0.133. The van der Waals surface area contributed by atoms with E-state index in [2.05, 4.69) is 19.9 Å². The molecule has 0 bridgehead atoms. The molecule has 5 nitrogen and oxygen atoms in total. The van der Waals surface area contributed by atoms with Crippen molar-refractivity contribution in [1.29, 1.82) is 0 Å². The van der Waals surface area contributed by atoms with Gasteiger partial charge < -0.3 is 14.5 Å². The first-order chi connectivity index (χ1) is 16.0. The summed E-state index contributed by atoms with van der Waals surface area (Å²) in [5.41, 5.74) is 3.99. The molecule has 0 spiro atoms. The summed E-state index contributed by atoms with van der Waals surface area (Å²) in [6.45, 7) is 5.89. The molecule has 33 heavy (non-hydrogen) atoms. The number of carbonyl (C=O) groups excluding carboxylic acids is 2. The standard InChI is InChI=1S/C27H32N2O3S/c1-4-22-10-12-24(13-11-22)27(31)28(15-16-32-3)20-26(30)29(18-23-8-6-5-7-9-23)19-25-21(2)14-17-33-25/h5-14,17H,4,15-16,18-20H2,1-3H3. The zero-order valence-electron chi connectivity index (χ0n) is 19.6. The number of thiophene rings is 1. The molecule has 0 unspecified atom stereocenters. The second kappa shape index (κ2) is 12.3. The van der Waals surface area contributed by atoms with E-state index < -0.39 is 0 Å². The molecular weight excluding hydrogens is 432 g/mol. The van der Waals surface area contributed by atoms with Crippen LogP contribution in [-0.4, -0.2) is 48.4 Å². The lowest BCUT2D eigenvalue weighted by Crippen LogP contribution is -2.43. The van der Waals surface area contributed by atoms with E-state index >= 15 is 0 Å². The summed E-state index contributed by atoms with van der Waals surface area (Å²) in [6, 6.07) is 19.6. The predicted octanol–water partition coefficient (Wildman–Crippen LogP) is 4.94. The molecule has 0 atom stereocenters. The smallest absolute Gasteiger partial charge is 0.254 e. The van der Waals surface area contributed by atoms with Gasteiger partial charge in [-0.3, -0.25) is 9.59 Å². The van der Waals surface area contributed by atoms with Crippen molar-refractivity contribution >= 4 is 23.2 Å². The van der Waals surface area contributed by atoms with Gasteiger partial charge in [0.1, 0.15) is 6.54 Å². The molecule has 0 N–H and O–H groups in total. The van der Waals surface area contributed by atoms with Gasteiger partial charge >= 0.3 is 0 Å². The summed E-state index contributed by atoms with van der Waals surface area (Å²) >= 11 is 1.65. The molecule has 174 valence electrons. The third-order valence-electron chi connectivity index (χ3n) is 5.66. The van der Waals surface area contributed by atoms with Crippen LogP contribution in [0.4, 0.5) is 0 Å². The molecule has 1 heterocycles. The Balaban J connectivity index is 1.80. The summed E-state index contributed by atoms with van der Waals surface area (Å²) in [4.78, 5) is 31.3. The summed E-state index contributed by atoms with van der Waals surface area (Å²) in [7, 11) is 1.60. The van der Waals surface area contributed by atoms with Gasteiger partial charge in [-0.2, -0.15) is 0 Å². The Kier molecular flexibility index (Phi) is 9.22. The Bertz CT molecular complexity index is 1030. The summed E-state index contributed by atoms with van der Waals surface area (Å²) in [6.07, 6.45) is 0.914. The molecule has 0 aliphatic rings. The quantitative estimate of drug-likeness (QED) is 0.404. The molecule has 1 aromatic heterocycles. The number of hydrogen-bond donors (Lipinski definition) is 0. The molecule has 2 aromatic carbocycles. The number of hydrogen-bond acceptors (Lipinski definition) is 4. The SMILES string of the molecule is CCc1ccc(C(=O)N(CCOC)CC(=O)N(Cc2ccccc2)Cc2sccc2C)cc1. The number of aryl methyl sites for hydroxylation is 2. The summed E-state index contributed by atoms with van der Waals surface area (Å²) < 4.78 is 5.22. The van der Waals surface area contributed by atoms with Crippen molar-refractivity contribution in [3.05, 3.63) is 93.2 Å². The molecule has 3 aromatic rings. The monoisotopic (exact) mass is 464 g/mol. The van der Waals surface area contributed by atoms with Crippen molar-refractivity contribution in [3.63, 3.8) is 0 Å². The van der Waals surface area contributed by atoms with Crippen LogP contribution < -0.4 is 0 Å². The summed E-state index contributed by atoms with van der Waals surface area (Å²) in [5, 5.41) is 2.05. The van der Waals surface area contributed by atoms with Gasteiger partial charge in [0.05, 0.1) is 13.2 Å². The van der Waals surface area contributed by atoms with Crippen LogP contribution in [-0.2, 0) is 29.0 Å². The Labute approximate surface area is 200 Å². The number of nitrogens with zero attached hydrogens (tertiary/aromatic N) is 2. The lowest BCUT2D eigenvalue weighted by Gasteiger charge is -2.28. The normalized spacial score (nSPS) is 10.8. The molecule has 6 heteroatoms. The number of ether oxygens (including phenoxy) is 1. The lowest BCUT2D eigenvalue weighted by atomic mass is 10.1. The minimum absolute atomic E-state index is 0.00891. The van der Waals surface area contributed by atoms with Gasteiger partial charge in [-0.05, 0) is 53.6 Å². The van der Waals surface area contributed by atoms with Gasteiger partial charge in [-0.25, -0.2) is 0 Å². The van der Waals surface area contributed by atoms with Gasteiger partial charge in [0.2, 0.25) is 5.91 Å². The third-order valence-corrected chi connectivity index (χ3v) is 6.67. The average Bonchev–Trinajstić information content (AvgIpc) is 3.25. The number of rotatable bonds is 11. The molecule has 0 saturated carbocycles. The van der Waals surface area contributed by atoms with Crippen LogP contribution in [0.5, 0.6) is 0 Å². The maximum absolute atomic E-state index is 13.5. The molecule has 3 rings (SSSR count). The highest BCUT2D eigenvalue weighted by atomic mass is 32.1. The zero-order valence-corrected chi connectivity index (χ0v) is 20.4. The van der Waals surface area contributed by atoms with Crippen molar-refractivity contribution < 1.29 is 14.3 Å². The van der Waals surface area contributed by atoms with Crippen LogP contribution in [0.2, 0.25) is 0 Å². The minimum atomic E-state index is -0.157. The van der Waals surface area contributed by atoms with E-state index in [1.807, 2.05) is 64.9 Å². The molecule has 0 aliphatic heterocycles. The van der Waals surface area contributed by atoms with Crippen LogP contribution in [0.3, 0.4) is 0 Å². The van der Waals surface area contributed by atoms with Gasteiger partial charge in [0.15, 0.2) is 0 Å².